The molecule has 0 aromatic heterocycles. The van der Waals surface area contributed by atoms with E-state index in [1.807, 2.05) is 0 Å². The van der Waals surface area contributed by atoms with Gasteiger partial charge in [-0.15, -0.1) is 0 Å². The molecule has 0 aliphatic heterocycles. The highest BCUT2D eigenvalue weighted by molar-refractivity contribution is 6.30. The average Bonchev–Trinajstić information content (AvgIpc) is 2.89. The highest BCUT2D eigenvalue weighted by atomic mass is 35.5. The highest BCUT2D eigenvalue weighted by Gasteiger charge is 2.25. The van der Waals surface area contributed by atoms with Gasteiger partial charge in [-0.2, -0.15) is 0 Å². The largest absolute Gasteiger partial charge is 0.334 e. The molecule has 1 saturated carbocycles. The molecule has 1 unspecified atom stereocenters. The summed E-state index contributed by atoms with van der Waals surface area (Å²) in [6.45, 7) is 0.480. The zero-order valence-electron chi connectivity index (χ0n) is 10.9. The molecule has 2 amide bonds. The smallest absolute Gasteiger partial charge is 0.319 e. The van der Waals surface area contributed by atoms with Gasteiger partial charge in [-0.1, -0.05) is 30.5 Å². The third kappa shape index (κ3) is 4.11. The van der Waals surface area contributed by atoms with E-state index in [0.29, 0.717) is 23.2 Å². The van der Waals surface area contributed by atoms with Crippen LogP contribution in [0, 0.1) is 5.92 Å². The first kappa shape index (κ1) is 14.2. The van der Waals surface area contributed by atoms with Gasteiger partial charge < -0.3 is 16.4 Å². The molecule has 0 bridgehead atoms. The fourth-order valence-electron chi connectivity index (χ4n) is 2.63. The summed E-state index contributed by atoms with van der Waals surface area (Å²) < 4.78 is 0. The number of amides is 2. The Kier molecular flexibility index (Phi) is 5.05. The van der Waals surface area contributed by atoms with Crippen LogP contribution in [0.5, 0.6) is 0 Å². The van der Waals surface area contributed by atoms with Gasteiger partial charge in [0, 0.05) is 23.3 Å². The summed E-state index contributed by atoms with van der Waals surface area (Å²) >= 11 is 5.87. The molecule has 1 aromatic rings. The molecule has 1 aliphatic carbocycles. The van der Waals surface area contributed by atoms with E-state index in [2.05, 4.69) is 10.6 Å². The Morgan fingerprint density at radius 3 is 2.79 bits per heavy atom. The Morgan fingerprint density at radius 1 is 1.42 bits per heavy atom. The minimum Gasteiger partial charge on any atom is -0.334 e. The molecule has 4 nitrogen and oxygen atoms in total. The van der Waals surface area contributed by atoms with Crippen LogP contribution in [0.2, 0.25) is 5.02 Å². The van der Waals surface area contributed by atoms with Crippen LogP contribution in [-0.2, 0) is 0 Å². The van der Waals surface area contributed by atoms with E-state index < -0.39 is 0 Å². The third-order valence-electron chi connectivity index (χ3n) is 3.62. The van der Waals surface area contributed by atoms with Crippen LogP contribution in [0.15, 0.2) is 24.3 Å². The zero-order valence-corrected chi connectivity index (χ0v) is 11.6. The molecule has 1 aliphatic rings. The minimum absolute atomic E-state index is 0.0571. The quantitative estimate of drug-likeness (QED) is 0.794. The molecule has 0 heterocycles. The van der Waals surface area contributed by atoms with Gasteiger partial charge in [0.2, 0.25) is 0 Å². The number of rotatable bonds is 4. The van der Waals surface area contributed by atoms with E-state index in [1.165, 1.54) is 12.8 Å². The third-order valence-corrected chi connectivity index (χ3v) is 3.86. The van der Waals surface area contributed by atoms with Crippen molar-refractivity contribution in [2.75, 3.05) is 11.9 Å². The Labute approximate surface area is 118 Å². The van der Waals surface area contributed by atoms with Gasteiger partial charge in [0.05, 0.1) is 0 Å². The number of hydrogen-bond acceptors (Lipinski definition) is 2. The summed E-state index contributed by atoms with van der Waals surface area (Å²) in [5.74, 6) is 0.509. The van der Waals surface area contributed by atoms with Crippen molar-refractivity contribution < 1.29 is 4.79 Å². The minimum atomic E-state index is -0.218. The van der Waals surface area contributed by atoms with Crippen LogP contribution in [0.25, 0.3) is 0 Å². The maximum absolute atomic E-state index is 11.9. The lowest BCUT2D eigenvalue weighted by Gasteiger charge is -2.23. The van der Waals surface area contributed by atoms with E-state index in [4.69, 9.17) is 17.3 Å². The summed E-state index contributed by atoms with van der Waals surface area (Å²) in [5, 5.41) is 6.34. The first-order chi connectivity index (χ1) is 9.19. The molecule has 1 aromatic carbocycles. The first-order valence-electron chi connectivity index (χ1n) is 6.72. The molecule has 1 atom stereocenters. The highest BCUT2D eigenvalue weighted by Crippen LogP contribution is 2.27. The van der Waals surface area contributed by atoms with Crippen LogP contribution in [-0.4, -0.2) is 18.6 Å². The normalized spacial score (nSPS) is 17.2. The van der Waals surface area contributed by atoms with Crippen molar-refractivity contribution in [3.8, 4) is 0 Å². The molecule has 5 heteroatoms. The molecule has 0 radical (unpaired) electrons. The van der Waals surface area contributed by atoms with Crippen molar-refractivity contribution in [3.05, 3.63) is 29.3 Å². The van der Waals surface area contributed by atoms with Crippen LogP contribution in [0.4, 0.5) is 10.5 Å². The van der Waals surface area contributed by atoms with Crippen molar-refractivity contribution in [1.82, 2.24) is 5.32 Å². The van der Waals surface area contributed by atoms with Crippen molar-refractivity contribution in [2.45, 2.75) is 31.7 Å². The van der Waals surface area contributed by atoms with Gasteiger partial charge in [-0.05, 0) is 37.0 Å². The van der Waals surface area contributed by atoms with Crippen LogP contribution < -0.4 is 16.4 Å². The van der Waals surface area contributed by atoms with Gasteiger partial charge in [-0.3, -0.25) is 0 Å². The molecule has 19 heavy (non-hydrogen) atoms. The Balaban J connectivity index is 1.89. The van der Waals surface area contributed by atoms with Crippen molar-refractivity contribution in [2.24, 2.45) is 11.7 Å². The number of halogens is 1. The second-order valence-electron chi connectivity index (χ2n) is 5.00. The predicted octanol–water partition coefficient (Wildman–Crippen LogP) is 2.98. The average molecular weight is 282 g/mol. The van der Waals surface area contributed by atoms with Gasteiger partial charge in [-0.25, -0.2) is 4.79 Å². The Bertz CT molecular complexity index is 432. The summed E-state index contributed by atoms with van der Waals surface area (Å²) in [6.07, 6.45) is 4.77. The van der Waals surface area contributed by atoms with Crippen LogP contribution in [0.1, 0.15) is 25.7 Å². The van der Waals surface area contributed by atoms with E-state index in [9.17, 15) is 4.79 Å². The van der Waals surface area contributed by atoms with Crippen molar-refractivity contribution in [3.63, 3.8) is 0 Å². The number of anilines is 1. The topological polar surface area (TPSA) is 67.1 Å². The fraction of sp³-hybridized carbons (Fsp3) is 0.500. The monoisotopic (exact) mass is 281 g/mol. The van der Waals surface area contributed by atoms with Gasteiger partial charge in [0.25, 0.3) is 0 Å². The van der Waals surface area contributed by atoms with E-state index in [1.54, 1.807) is 24.3 Å². The van der Waals surface area contributed by atoms with Crippen molar-refractivity contribution in [1.29, 1.82) is 0 Å². The molecular formula is C14H20ClN3O. The molecule has 0 saturated heterocycles. The van der Waals surface area contributed by atoms with Gasteiger partial charge in [0.1, 0.15) is 0 Å². The number of nitrogens with one attached hydrogen (secondary N) is 2. The van der Waals surface area contributed by atoms with E-state index in [0.717, 1.165) is 12.8 Å². The molecule has 1 fully saturated rings. The summed E-state index contributed by atoms with van der Waals surface area (Å²) in [5.41, 5.74) is 6.44. The molecular weight excluding hydrogens is 262 g/mol. The van der Waals surface area contributed by atoms with Gasteiger partial charge >= 0.3 is 6.03 Å². The molecule has 4 N–H and O–H groups in total. The van der Waals surface area contributed by atoms with Crippen LogP contribution in [0.3, 0.4) is 0 Å². The Hall–Kier alpha value is -1.26. The second-order valence-corrected chi connectivity index (χ2v) is 5.43. The van der Waals surface area contributed by atoms with E-state index >= 15 is 0 Å². The molecule has 0 spiro atoms. The second kappa shape index (κ2) is 6.78. The first-order valence-corrected chi connectivity index (χ1v) is 7.10. The fourth-order valence-corrected chi connectivity index (χ4v) is 2.82. The SMILES string of the molecule is NCC(NC(=O)Nc1cccc(Cl)c1)C1CCCC1. The number of hydrogen-bond donors (Lipinski definition) is 3. The maximum atomic E-state index is 11.9. The number of carbonyl (C=O) groups is 1. The van der Waals surface area contributed by atoms with Gasteiger partial charge in [0.15, 0.2) is 0 Å². The lowest BCUT2D eigenvalue weighted by molar-refractivity contribution is 0.243. The summed E-state index contributed by atoms with van der Waals surface area (Å²) in [4.78, 5) is 11.9. The molecule has 104 valence electrons. The van der Waals surface area contributed by atoms with Crippen molar-refractivity contribution >= 4 is 23.3 Å². The van der Waals surface area contributed by atoms with Crippen LogP contribution >= 0.6 is 11.6 Å². The molecule has 2 rings (SSSR count). The lowest BCUT2D eigenvalue weighted by Crippen LogP contribution is -2.46. The predicted molar refractivity (Wildman–Crippen MR) is 78.4 cm³/mol. The number of benzene rings is 1. The van der Waals surface area contributed by atoms with E-state index in [-0.39, 0.29) is 12.1 Å². The number of nitrogens with two attached hydrogens (primary N) is 1. The lowest BCUT2D eigenvalue weighted by atomic mass is 9.98. The number of carbonyl (C=O) groups excluding carboxylic acids is 1. The number of urea groups is 1. The summed E-state index contributed by atoms with van der Waals surface area (Å²) in [6, 6.07) is 6.93. The standard InChI is InChI=1S/C14H20ClN3O/c15-11-6-3-7-12(8-11)17-14(19)18-13(9-16)10-4-1-2-5-10/h3,6-8,10,13H,1-2,4-5,9,16H2,(H2,17,18,19). The maximum Gasteiger partial charge on any atom is 0.319 e. The Morgan fingerprint density at radius 2 is 2.16 bits per heavy atom. The zero-order chi connectivity index (χ0) is 13.7. The summed E-state index contributed by atoms with van der Waals surface area (Å²) in [7, 11) is 0.